The minimum atomic E-state index is -0.307. The molecule has 0 atom stereocenters. The zero-order valence-electron chi connectivity index (χ0n) is 12.9. The van der Waals surface area contributed by atoms with E-state index in [-0.39, 0.29) is 6.03 Å². The van der Waals surface area contributed by atoms with Crippen molar-refractivity contribution in [2.45, 2.75) is 13.5 Å². The van der Waals surface area contributed by atoms with Crippen molar-refractivity contribution < 1.29 is 9.32 Å². The van der Waals surface area contributed by atoms with Gasteiger partial charge in [-0.05, 0) is 35.9 Å². The predicted molar refractivity (Wildman–Crippen MR) is 91.8 cm³/mol. The first-order valence-corrected chi connectivity index (χ1v) is 7.68. The molecule has 24 heavy (non-hydrogen) atoms. The number of aryl methyl sites for hydroxylation is 1. The number of hydrogen-bond donors (Lipinski definition) is 2. The van der Waals surface area contributed by atoms with Gasteiger partial charge in [0.25, 0.3) is 0 Å². The molecule has 2 aromatic carbocycles. The van der Waals surface area contributed by atoms with E-state index in [1.165, 1.54) is 0 Å². The summed E-state index contributed by atoms with van der Waals surface area (Å²) in [7, 11) is 0. The molecule has 0 saturated carbocycles. The molecular weight excluding hydrogens is 328 g/mol. The quantitative estimate of drug-likeness (QED) is 0.750. The number of nitrogens with one attached hydrogen (secondary N) is 2. The summed E-state index contributed by atoms with van der Waals surface area (Å²) < 4.78 is 4.95. The molecule has 0 radical (unpaired) electrons. The summed E-state index contributed by atoms with van der Waals surface area (Å²) in [6, 6.07) is 14.2. The van der Waals surface area contributed by atoms with Crippen LogP contribution in [0.4, 0.5) is 10.5 Å². The third-order valence-corrected chi connectivity index (χ3v) is 3.69. The second-order valence-corrected chi connectivity index (χ2v) is 5.52. The third kappa shape index (κ3) is 3.91. The molecule has 3 aromatic rings. The highest BCUT2D eigenvalue weighted by Crippen LogP contribution is 2.18. The largest absolute Gasteiger partial charge is 0.339 e. The molecule has 1 heterocycles. The molecule has 0 bridgehead atoms. The summed E-state index contributed by atoms with van der Waals surface area (Å²) in [6.45, 7) is 2.08. The van der Waals surface area contributed by atoms with Crippen LogP contribution in [0.3, 0.4) is 0 Å². The van der Waals surface area contributed by atoms with Gasteiger partial charge in [0.1, 0.15) is 0 Å². The second kappa shape index (κ2) is 7.14. The van der Waals surface area contributed by atoms with E-state index in [4.69, 9.17) is 16.1 Å². The number of urea groups is 1. The smallest absolute Gasteiger partial charge is 0.319 e. The fourth-order valence-electron chi connectivity index (χ4n) is 2.11. The normalized spacial score (nSPS) is 10.4. The first-order chi connectivity index (χ1) is 11.6. The molecule has 0 unspecified atom stereocenters. The number of halogens is 1. The van der Waals surface area contributed by atoms with Gasteiger partial charge in [0.2, 0.25) is 11.7 Å². The Morgan fingerprint density at radius 3 is 2.58 bits per heavy atom. The summed E-state index contributed by atoms with van der Waals surface area (Å²) >= 11 is 6.05. The van der Waals surface area contributed by atoms with Crippen LogP contribution in [0.2, 0.25) is 5.02 Å². The summed E-state index contributed by atoms with van der Waals surface area (Å²) in [5.41, 5.74) is 2.33. The number of amides is 2. The van der Waals surface area contributed by atoms with Gasteiger partial charge in [0.15, 0.2) is 0 Å². The molecule has 0 aliphatic rings. The van der Waals surface area contributed by atoms with Gasteiger partial charge in [-0.3, -0.25) is 0 Å². The van der Waals surface area contributed by atoms with Crippen LogP contribution in [0, 0.1) is 6.92 Å². The minimum Gasteiger partial charge on any atom is -0.339 e. The molecule has 0 aliphatic heterocycles. The van der Waals surface area contributed by atoms with Gasteiger partial charge in [-0.1, -0.05) is 35.0 Å². The molecular formula is C17H15ClN4O2. The van der Waals surface area contributed by atoms with Gasteiger partial charge < -0.3 is 15.2 Å². The molecule has 122 valence electrons. The van der Waals surface area contributed by atoms with Crippen LogP contribution in [-0.4, -0.2) is 16.2 Å². The number of benzene rings is 2. The Morgan fingerprint density at radius 2 is 1.92 bits per heavy atom. The maximum atomic E-state index is 12.0. The van der Waals surface area contributed by atoms with Gasteiger partial charge in [-0.2, -0.15) is 4.98 Å². The maximum Gasteiger partial charge on any atom is 0.319 e. The van der Waals surface area contributed by atoms with E-state index >= 15 is 0 Å². The molecule has 1 aromatic heterocycles. The zero-order valence-corrected chi connectivity index (χ0v) is 13.7. The first-order valence-electron chi connectivity index (χ1n) is 7.31. The van der Waals surface area contributed by atoms with Crippen LogP contribution in [0.1, 0.15) is 11.5 Å². The minimum absolute atomic E-state index is 0.307. The molecule has 0 spiro atoms. The number of carbonyl (C=O) groups excluding carboxylic acids is 1. The second-order valence-electron chi connectivity index (χ2n) is 5.11. The molecule has 3 rings (SSSR count). The van der Waals surface area contributed by atoms with Crippen LogP contribution in [-0.2, 0) is 6.54 Å². The fourth-order valence-corrected chi connectivity index (χ4v) is 2.31. The Morgan fingerprint density at radius 1 is 1.17 bits per heavy atom. The molecule has 6 nitrogen and oxygen atoms in total. The number of nitrogens with zero attached hydrogens (tertiary/aromatic N) is 2. The SMILES string of the molecule is Cc1nc(-c2ccc(NC(=O)NCc3ccccc3Cl)cc2)no1. The predicted octanol–water partition coefficient (Wildman–Crippen LogP) is 4.02. The van der Waals surface area contributed by atoms with Gasteiger partial charge in [0.05, 0.1) is 0 Å². The highest BCUT2D eigenvalue weighted by molar-refractivity contribution is 6.31. The lowest BCUT2D eigenvalue weighted by atomic mass is 10.2. The van der Waals surface area contributed by atoms with Gasteiger partial charge in [-0.25, -0.2) is 4.79 Å². The highest BCUT2D eigenvalue weighted by atomic mass is 35.5. The standard InChI is InChI=1S/C17H15ClN4O2/c1-11-20-16(22-24-11)12-6-8-14(9-7-12)21-17(23)19-10-13-4-2-3-5-15(13)18/h2-9H,10H2,1H3,(H2,19,21,23). The van der Waals surface area contributed by atoms with Crippen molar-refractivity contribution >= 4 is 23.3 Å². The summed E-state index contributed by atoms with van der Waals surface area (Å²) in [5.74, 6) is 1.02. The lowest BCUT2D eigenvalue weighted by Gasteiger charge is -2.09. The van der Waals surface area contributed by atoms with Crippen molar-refractivity contribution in [3.05, 3.63) is 65.0 Å². The number of aromatic nitrogens is 2. The van der Waals surface area contributed by atoms with E-state index in [2.05, 4.69) is 20.8 Å². The van der Waals surface area contributed by atoms with Crippen LogP contribution in [0.5, 0.6) is 0 Å². The highest BCUT2D eigenvalue weighted by Gasteiger charge is 2.07. The fraction of sp³-hybridized carbons (Fsp3) is 0.118. The first kappa shape index (κ1) is 16.0. The van der Waals surface area contributed by atoms with E-state index in [1.807, 2.05) is 30.3 Å². The molecule has 2 amide bonds. The Hall–Kier alpha value is -2.86. The van der Waals surface area contributed by atoms with Gasteiger partial charge in [-0.15, -0.1) is 0 Å². The Balaban J connectivity index is 1.57. The summed E-state index contributed by atoms with van der Waals surface area (Å²) in [6.07, 6.45) is 0. The number of hydrogen-bond acceptors (Lipinski definition) is 4. The van der Waals surface area contributed by atoms with E-state index in [9.17, 15) is 4.79 Å². The van der Waals surface area contributed by atoms with Crippen molar-refractivity contribution in [2.24, 2.45) is 0 Å². The Kier molecular flexibility index (Phi) is 4.77. The lowest BCUT2D eigenvalue weighted by Crippen LogP contribution is -2.28. The van der Waals surface area contributed by atoms with E-state index < -0.39 is 0 Å². The summed E-state index contributed by atoms with van der Waals surface area (Å²) in [5, 5.41) is 9.99. The van der Waals surface area contributed by atoms with Gasteiger partial charge in [0, 0.05) is 29.7 Å². The van der Waals surface area contributed by atoms with Crippen LogP contribution in [0.25, 0.3) is 11.4 Å². The number of carbonyl (C=O) groups is 1. The lowest BCUT2D eigenvalue weighted by molar-refractivity contribution is 0.251. The van der Waals surface area contributed by atoms with Crippen LogP contribution >= 0.6 is 11.6 Å². The topological polar surface area (TPSA) is 80.0 Å². The Bertz CT molecular complexity index is 846. The van der Waals surface area contributed by atoms with Crippen molar-refractivity contribution in [3.8, 4) is 11.4 Å². The molecule has 0 saturated heterocycles. The van der Waals surface area contributed by atoms with E-state index in [0.717, 1.165) is 11.1 Å². The number of anilines is 1. The molecule has 7 heteroatoms. The van der Waals surface area contributed by atoms with Crippen LogP contribution < -0.4 is 10.6 Å². The maximum absolute atomic E-state index is 12.0. The average molecular weight is 343 g/mol. The molecule has 0 fully saturated rings. The van der Waals surface area contributed by atoms with Crippen molar-refractivity contribution in [1.82, 2.24) is 15.5 Å². The van der Waals surface area contributed by atoms with Crippen molar-refractivity contribution in [1.29, 1.82) is 0 Å². The Labute approximate surface area is 143 Å². The number of rotatable bonds is 4. The average Bonchev–Trinajstić information content (AvgIpc) is 3.01. The van der Waals surface area contributed by atoms with E-state index in [0.29, 0.717) is 29.0 Å². The zero-order chi connectivity index (χ0) is 16.9. The van der Waals surface area contributed by atoms with Gasteiger partial charge >= 0.3 is 6.03 Å². The van der Waals surface area contributed by atoms with Crippen molar-refractivity contribution in [2.75, 3.05) is 5.32 Å². The van der Waals surface area contributed by atoms with E-state index in [1.54, 1.807) is 25.1 Å². The third-order valence-electron chi connectivity index (χ3n) is 3.33. The monoisotopic (exact) mass is 342 g/mol. The molecule has 0 aliphatic carbocycles. The molecule has 2 N–H and O–H groups in total. The van der Waals surface area contributed by atoms with Crippen molar-refractivity contribution in [3.63, 3.8) is 0 Å². The summed E-state index contributed by atoms with van der Waals surface area (Å²) in [4.78, 5) is 16.1. The van der Waals surface area contributed by atoms with Crippen LogP contribution in [0.15, 0.2) is 53.1 Å².